The lowest BCUT2D eigenvalue weighted by molar-refractivity contribution is 0.378. The molecular formula is C17H39N5. The van der Waals surface area contributed by atoms with Crippen LogP contribution in [-0.4, -0.2) is 37.0 Å². The summed E-state index contributed by atoms with van der Waals surface area (Å²) in [6.07, 6.45) is 14.6. The van der Waals surface area contributed by atoms with Gasteiger partial charge in [0.2, 0.25) is 0 Å². The van der Waals surface area contributed by atoms with Crippen LogP contribution in [0.3, 0.4) is 0 Å². The molecule has 5 nitrogen and oxygen atoms in total. The van der Waals surface area contributed by atoms with E-state index in [9.17, 15) is 0 Å². The van der Waals surface area contributed by atoms with E-state index in [0.717, 1.165) is 51.9 Å². The lowest BCUT2D eigenvalue weighted by atomic mass is 10.1. The molecule has 0 spiro atoms. The van der Waals surface area contributed by atoms with Crippen LogP contribution in [0.25, 0.3) is 0 Å². The van der Waals surface area contributed by atoms with E-state index in [1.807, 2.05) is 4.90 Å². The predicted molar refractivity (Wildman–Crippen MR) is 97.0 cm³/mol. The molecule has 0 unspecified atom stereocenters. The molecule has 0 aliphatic carbocycles. The summed E-state index contributed by atoms with van der Waals surface area (Å²) < 4.78 is 0. The minimum atomic E-state index is 0.228. The highest BCUT2D eigenvalue weighted by molar-refractivity contribution is 5.74. The van der Waals surface area contributed by atoms with E-state index < -0.39 is 0 Å². The molecule has 0 radical (unpaired) electrons. The lowest BCUT2D eigenvalue weighted by Crippen LogP contribution is -2.37. The van der Waals surface area contributed by atoms with Crippen molar-refractivity contribution < 1.29 is 0 Å². The molecule has 0 bridgehead atoms. The molecule has 0 aliphatic rings. The Labute approximate surface area is 137 Å². The van der Waals surface area contributed by atoms with Crippen molar-refractivity contribution in [3.63, 3.8) is 0 Å². The van der Waals surface area contributed by atoms with E-state index in [1.165, 1.54) is 51.4 Å². The van der Waals surface area contributed by atoms with Gasteiger partial charge in [-0.05, 0) is 38.8 Å². The minimum absolute atomic E-state index is 0.228. The van der Waals surface area contributed by atoms with Gasteiger partial charge in [0.25, 0.3) is 0 Å². The van der Waals surface area contributed by atoms with Crippen molar-refractivity contribution >= 4 is 5.96 Å². The Hall–Kier alpha value is -0.810. The lowest BCUT2D eigenvalue weighted by Gasteiger charge is -2.22. The molecular weight excluding hydrogens is 274 g/mol. The molecule has 0 heterocycles. The Bertz CT molecular complexity index is 227. The molecule has 0 saturated carbocycles. The monoisotopic (exact) mass is 313 g/mol. The van der Waals surface area contributed by atoms with E-state index in [1.54, 1.807) is 0 Å². The number of hydrogen-bond acceptors (Lipinski definition) is 3. The third-order valence-electron chi connectivity index (χ3n) is 4.10. The van der Waals surface area contributed by atoms with Crippen LogP contribution in [0.2, 0.25) is 0 Å². The van der Waals surface area contributed by atoms with Crippen LogP contribution < -0.4 is 17.2 Å². The third kappa shape index (κ3) is 14.1. The van der Waals surface area contributed by atoms with E-state index in [2.05, 4.69) is 0 Å². The molecule has 0 fully saturated rings. The normalized spacial score (nSPS) is 10.8. The second kappa shape index (κ2) is 16.6. The molecule has 5 heteroatoms. The number of rotatable bonds is 16. The molecule has 0 saturated heterocycles. The van der Waals surface area contributed by atoms with E-state index in [4.69, 9.17) is 22.6 Å². The summed E-state index contributed by atoms with van der Waals surface area (Å²) >= 11 is 0. The number of nitrogens with one attached hydrogen (secondary N) is 1. The molecule has 0 amide bonds. The van der Waals surface area contributed by atoms with E-state index >= 15 is 0 Å². The van der Waals surface area contributed by atoms with Gasteiger partial charge in [-0.25, -0.2) is 0 Å². The van der Waals surface area contributed by atoms with Crippen molar-refractivity contribution in [1.82, 2.24) is 4.90 Å². The minimum Gasteiger partial charge on any atom is -0.370 e. The zero-order valence-electron chi connectivity index (χ0n) is 14.5. The first-order valence-electron chi connectivity index (χ1n) is 9.21. The Morgan fingerprint density at radius 3 is 1.23 bits per heavy atom. The SMILES string of the molecule is N=C(N)N(CCCCCCCCN)CCCCCCCCN. The van der Waals surface area contributed by atoms with Gasteiger partial charge in [-0.1, -0.05) is 51.4 Å². The van der Waals surface area contributed by atoms with Crippen LogP contribution in [0.4, 0.5) is 0 Å². The smallest absolute Gasteiger partial charge is 0.188 e. The molecule has 0 atom stereocenters. The van der Waals surface area contributed by atoms with Crippen LogP contribution in [0.15, 0.2) is 0 Å². The summed E-state index contributed by atoms with van der Waals surface area (Å²) in [5, 5.41) is 7.67. The van der Waals surface area contributed by atoms with Gasteiger partial charge >= 0.3 is 0 Å². The van der Waals surface area contributed by atoms with Crippen LogP contribution in [0, 0.1) is 5.41 Å². The fraction of sp³-hybridized carbons (Fsp3) is 0.941. The topological polar surface area (TPSA) is 105 Å². The van der Waals surface area contributed by atoms with Gasteiger partial charge < -0.3 is 22.1 Å². The predicted octanol–water partition coefficient (Wildman–Crippen LogP) is 2.78. The number of unbranched alkanes of at least 4 members (excludes halogenated alkanes) is 10. The van der Waals surface area contributed by atoms with Crippen LogP contribution in [0.5, 0.6) is 0 Å². The van der Waals surface area contributed by atoms with Crippen molar-refractivity contribution in [3.8, 4) is 0 Å². The van der Waals surface area contributed by atoms with Crippen molar-refractivity contribution in [1.29, 1.82) is 5.41 Å². The summed E-state index contributed by atoms with van der Waals surface area (Å²) in [4.78, 5) is 2.03. The number of nitrogens with two attached hydrogens (primary N) is 3. The fourth-order valence-corrected chi connectivity index (χ4v) is 2.66. The second-order valence-electron chi connectivity index (χ2n) is 6.19. The maximum Gasteiger partial charge on any atom is 0.188 e. The zero-order chi connectivity index (χ0) is 16.5. The van der Waals surface area contributed by atoms with Crippen LogP contribution in [0.1, 0.15) is 77.0 Å². The quantitative estimate of drug-likeness (QED) is 0.200. The van der Waals surface area contributed by atoms with Gasteiger partial charge in [0.05, 0.1) is 0 Å². The number of guanidine groups is 1. The molecule has 132 valence electrons. The van der Waals surface area contributed by atoms with Crippen LogP contribution in [-0.2, 0) is 0 Å². The molecule has 22 heavy (non-hydrogen) atoms. The molecule has 0 aliphatic heterocycles. The molecule has 0 aromatic heterocycles. The Balaban J connectivity index is 3.51. The Morgan fingerprint density at radius 1 is 0.591 bits per heavy atom. The Morgan fingerprint density at radius 2 is 0.909 bits per heavy atom. The van der Waals surface area contributed by atoms with Crippen molar-refractivity contribution in [2.24, 2.45) is 17.2 Å². The summed E-state index contributed by atoms with van der Waals surface area (Å²) in [6, 6.07) is 0. The first-order chi connectivity index (χ1) is 10.7. The zero-order valence-corrected chi connectivity index (χ0v) is 14.5. The summed E-state index contributed by atoms with van der Waals surface area (Å²) in [5.41, 5.74) is 16.6. The second-order valence-corrected chi connectivity index (χ2v) is 6.19. The van der Waals surface area contributed by atoms with E-state index in [0.29, 0.717) is 0 Å². The van der Waals surface area contributed by atoms with Crippen molar-refractivity contribution in [2.45, 2.75) is 77.0 Å². The van der Waals surface area contributed by atoms with Gasteiger partial charge in [0.1, 0.15) is 0 Å². The highest BCUT2D eigenvalue weighted by atomic mass is 15.2. The molecule has 0 rings (SSSR count). The largest absolute Gasteiger partial charge is 0.370 e. The molecule has 0 aromatic carbocycles. The molecule has 0 aromatic rings. The van der Waals surface area contributed by atoms with Crippen LogP contribution >= 0.6 is 0 Å². The highest BCUT2D eigenvalue weighted by Crippen LogP contribution is 2.08. The maximum absolute atomic E-state index is 7.67. The maximum atomic E-state index is 7.67. The summed E-state index contributed by atoms with van der Waals surface area (Å²) in [5.74, 6) is 0.228. The number of nitrogens with zero attached hydrogens (tertiary/aromatic N) is 1. The molecule has 7 N–H and O–H groups in total. The van der Waals surface area contributed by atoms with E-state index in [-0.39, 0.29) is 5.96 Å². The van der Waals surface area contributed by atoms with Gasteiger partial charge in [0.15, 0.2) is 5.96 Å². The average molecular weight is 314 g/mol. The third-order valence-corrected chi connectivity index (χ3v) is 4.10. The first-order valence-corrected chi connectivity index (χ1v) is 9.21. The standard InChI is InChI=1S/C17H39N5/c18-13-9-5-1-3-7-11-15-22(17(20)21)16-12-8-4-2-6-10-14-19/h1-16,18-19H2,(H3,20,21). The van der Waals surface area contributed by atoms with Crippen molar-refractivity contribution in [3.05, 3.63) is 0 Å². The average Bonchev–Trinajstić information content (AvgIpc) is 2.50. The van der Waals surface area contributed by atoms with Crippen molar-refractivity contribution in [2.75, 3.05) is 26.2 Å². The Kier molecular flexibility index (Phi) is 15.9. The number of hydrogen-bond donors (Lipinski definition) is 4. The first kappa shape index (κ1) is 21.2. The highest BCUT2D eigenvalue weighted by Gasteiger charge is 2.05. The summed E-state index contributed by atoms with van der Waals surface area (Å²) in [6.45, 7) is 3.48. The van der Waals surface area contributed by atoms with Gasteiger partial charge in [-0.15, -0.1) is 0 Å². The van der Waals surface area contributed by atoms with Gasteiger partial charge in [-0.3, -0.25) is 5.41 Å². The van der Waals surface area contributed by atoms with Gasteiger partial charge in [0, 0.05) is 13.1 Å². The summed E-state index contributed by atoms with van der Waals surface area (Å²) in [7, 11) is 0. The fourth-order valence-electron chi connectivity index (χ4n) is 2.66. The van der Waals surface area contributed by atoms with Gasteiger partial charge in [-0.2, -0.15) is 0 Å².